The van der Waals surface area contributed by atoms with Crippen molar-refractivity contribution in [2.45, 2.75) is 19.4 Å². The first-order valence-corrected chi connectivity index (χ1v) is 8.19. The summed E-state index contributed by atoms with van der Waals surface area (Å²) >= 11 is 0. The van der Waals surface area contributed by atoms with E-state index in [0.29, 0.717) is 22.7 Å². The summed E-state index contributed by atoms with van der Waals surface area (Å²) in [5.41, 5.74) is 0.950. The van der Waals surface area contributed by atoms with Gasteiger partial charge in [0.25, 0.3) is 5.69 Å². The molecule has 1 atom stereocenters. The van der Waals surface area contributed by atoms with Gasteiger partial charge < -0.3 is 14.9 Å². The number of aromatic nitrogens is 1. The van der Waals surface area contributed by atoms with E-state index in [4.69, 9.17) is 4.52 Å². The van der Waals surface area contributed by atoms with E-state index in [0.717, 1.165) is 0 Å². The summed E-state index contributed by atoms with van der Waals surface area (Å²) < 4.78 is 5.03. The third-order valence-corrected chi connectivity index (χ3v) is 4.01. The van der Waals surface area contributed by atoms with Gasteiger partial charge in [0, 0.05) is 30.2 Å². The molecule has 2 N–H and O–H groups in total. The molecule has 138 valence electrons. The highest BCUT2D eigenvalue weighted by atomic mass is 16.6. The number of nitro groups is 1. The van der Waals surface area contributed by atoms with Crippen LogP contribution in [0.25, 0.3) is 0 Å². The highest BCUT2D eigenvalue weighted by Crippen LogP contribution is 2.27. The third-order valence-electron chi connectivity index (χ3n) is 4.01. The molecule has 0 bridgehead atoms. The zero-order valence-corrected chi connectivity index (χ0v) is 14.5. The summed E-state index contributed by atoms with van der Waals surface area (Å²) in [6.45, 7) is 1.74. The highest BCUT2D eigenvalue weighted by Gasteiger charge is 2.20. The Morgan fingerprint density at radius 1 is 1.26 bits per heavy atom. The fourth-order valence-corrected chi connectivity index (χ4v) is 2.67. The minimum Gasteiger partial charge on any atom is -0.508 e. The van der Waals surface area contributed by atoms with E-state index in [1.807, 2.05) is 0 Å². The van der Waals surface area contributed by atoms with Crippen molar-refractivity contribution >= 4 is 17.3 Å². The largest absolute Gasteiger partial charge is 0.508 e. The van der Waals surface area contributed by atoms with Crippen LogP contribution in [0, 0.1) is 17.0 Å². The number of nitrogens with one attached hydrogen (secondary N) is 1. The van der Waals surface area contributed by atoms with Crippen LogP contribution < -0.4 is 5.32 Å². The number of aromatic hydroxyl groups is 1. The minimum absolute atomic E-state index is 0.0395. The summed E-state index contributed by atoms with van der Waals surface area (Å²) in [5, 5.41) is 27.4. The van der Waals surface area contributed by atoms with Gasteiger partial charge >= 0.3 is 0 Å². The number of hydrogen-bond acceptors (Lipinski definition) is 7. The second kappa shape index (κ2) is 7.69. The number of rotatable bonds is 7. The normalized spacial score (nSPS) is 11.7. The number of hydrogen-bond donors (Lipinski definition) is 2. The number of nitrogens with zero attached hydrogens (tertiary/aromatic N) is 2. The second-order valence-corrected chi connectivity index (χ2v) is 6.05. The monoisotopic (exact) mass is 367 g/mol. The van der Waals surface area contributed by atoms with Gasteiger partial charge in [0.1, 0.15) is 11.5 Å². The van der Waals surface area contributed by atoms with E-state index in [1.54, 1.807) is 25.1 Å². The number of non-ortho nitro benzene ring substituents is 1. The van der Waals surface area contributed by atoms with Gasteiger partial charge in [0.2, 0.25) is 0 Å². The molecule has 0 amide bonds. The molecule has 8 nitrogen and oxygen atoms in total. The van der Waals surface area contributed by atoms with Crippen molar-refractivity contribution in [1.82, 2.24) is 5.16 Å². The molecule has 3 aromatic rings. The molecule has 0 aliphatic rings. The molecule has 0 aliphatic heterocycles. The lowest BCUT2D eigenvalue weighted by Crippen LogP contribution is -2.16. The van der Waals surface area contributed by atoms with Crippen LogP contribution in [0.15, 0.2) is 59.1 Å². The van der Waals surface area contributed by atoms with E-state index in [-0.39, 0.29) is 23.6 Å². The number of nitro benzene ring substituents is 1. The Labute approximate surface area is 154 Å². The maximum absolute atomic E-state index is 12.7. The number of phenolic OH excluding ortho intramolecular Hbond substituents is 1. The zero-order chi connectivity index (χ0) is 19.4. The quantitative estimate of drug-likeness (QED) is 0.368. The Morgan fingerprint density at radius 2 is 2.00 bits per heavy atom. The maximum atomic E-state index is 12.7. The molecule has 1 aromatic heterocycles. The lowest BCUT2D eigenvalue weighted by atomic mass is 9.97. The molecule has 0 fully saturated rings. The first-order valence-electron chi connectivity index (χ1n) is 8.19. The predicted octanol–water partition coefficient (Wildman–Crippen LogP) is 4.02. The fraction of sp³-hybridized carbons (Fsp3) is 0.158. The predicted molar refractivity (Wildman–Crippen MR) is 97.8 cm³/mol. The van der Waals surface area contributed by atoms with Crippen molar-refractivity contribution in [2.75, 3.05) is 5.32 Å². The number of benzene rings is 2. The highest BCUT2D eigenvalue weighted by molar-refractivity contribution is 5.96. The Balaban J connectivity index is 1.89. The average molecular weight is 367 g/mol. The Kier molecular flexibility index (Phi) is 5.16. The summed E-state index contributed by atoms with van der Waals surface area (Å²) in [6.07, 6.45) is 0.0395. The molecule has 0 radical (unpaired) electrons. The SMILES string of the molecule is Cc1cc(NC(CC(=O)c2ccc(O)cc2)c2cccc([N+](=O)[O-])c2)no1. The van der Waals surface area contributed by atoms with Crippen molar-refractivity contribution in [3.8, 4) is 5.75 Å². The summed E-state index contributed by atoms with van der Waals surface area (Å²) in [4.78, 5) is 23.3. The van der Waals surface area contributed by atoms with Crippen molar-refractivity contribution < 1.29 is 19.3 Å². The average Bonchev–Trinajstić information content (AvgIpc) is 3.06. The number of Topliss-reactive ketones (excluding diaryl/α,β-unsaturated/α-hetero) is 1. The van der Waals surface area contributed by atoms with E-state index in [1.165, 1.54) is 36.4 Å². The summed E-state index contributed by atoms with van der Waals surface area (Å²) in [7, 11) is 0. The Bertz CT molecular complexity index is 965. The topological polar surface area (TPSA) is 118 Å². The Morgan fingerprint density at radius 3 is 2.63 bits per heavy atom. The number of ketones is 1. The van der Waals surface area contributed by atoms with Crippen LogP contribution in [0.4, 0.5) is 11.5 Å². The standard InChI is InChI=1S/C19H17N3O5/c1-12-9-19(21-27-12)20-17(14-3-2-4-15(10-14)22(25)26)11-18(24)13-5-7-16(23)8-6-13/h2-10,17,23H,11H2,1H3,(H,20,21). The van der Waals surface area contributed by atoms with E-state index in [2.05, 4.69) is 10.5 Å². The number of aryl methyl sites for hydroxylation is 1. The molecule has 8 heteroatoms. The van der Waals surface area contributed by atoms with Crippen LogP contribution in [-0.2, 0) is 0 Å². The molecule has 0 spiro atoms. The third kappa shape index (κ3) is 4.49. The molecular formula is C19H17N3O5. The van der Waals surface area contributed by atoms with Crippen LogP contribution in [0.3, 0.4) is 0 Å². The minimum atomic E-state index is -0.546. The molecule has 0 aliphatic carbocycles. The molecule has 0 saturated heterocycles. The van der Waals surface area contributed by atoms with Gasteiger partial charge in [-0.1, -0.05) is 17.3 Å². The lowest BCUT2D eigenvalue weighted by molar-refractivity contribution is -0.384. The van der Waals surface area contributed by atoms with Gasteiger partial charge in [0.05, 0.1) is 11.0 Å². The van der Waals surface area contributed by atoms with Crippen LogP contribution in [0.2, 0.25) is 0 Å². The van der Waals surface area contributed by atoms with Gasteiger partial charge in [-0.05, 0) is 36.8 Å². The van der Waals surface area contributed by atoms with Crippen LogP contribution in [-0.4, -0.2) is 21.0 Å². The maximum Gasteiger partial charge on any atom is 0.269 e. The van der Waals surface area contributed by atoms with Crippen LogP contribution in [0.5, 0.6) is 5.75 Å². The second-order valence-electron chi connectivity index (χ2n) is 6.05. The number of anilines is 1. The molecular weight excluding hydrogens is 350 g/mol. The summed E-state index contributed by atoms with van der Waals surface area (Å²) in [5.74, 6) is 0.917. The van der Waals surface area contributed by atoms with E-state index < -0.39 is 11.0 Å². The molecule has 0 saturated carbocycles. The Hall–Kier alpha value is -3.68. The number of carbonyl (C=O) groups is 1. The summed E-state index contributed by atoms with van der Waals surface area (Å²) in [6, 6.07) is 13.2. The van der Waals surface area contributed by atoms with Crippen molar-refractivity contribution in [3.05, 3.63) is 81.6 Å². The van der Waals surface area contributed by atoms with Gasteiger partial charge in [0.15, 0.2) is 11.6 Å². The van der Waals surface area contributed by atoms with Gasteiger partial charge in [-0.3, -0.25) is 14.9 Å². The molecule has 27 heavy (non-hydrogen) atoms. The van der Waals surface area contributed by atoms with Crippen molar-refractivity contribution in [2.24, 2.45) is 0 Å². The van der Waals surface area contributed by atoms with Gasteiger partial charge in [-0.15, -0.1) is 0 Å². The first-order chi connectivity index (χ1) is 12.9. The fourth-order valence-electron chi connectivity index (χ4n) is 2.67. The van der Waals surface area contributed by atoms with Gasteiger partial charge in [-0.25, -0.2) is 0 Å². The van der Waals surface area contributed by atoms with Crippen molar-refractivity contribution in [3.63, 3.8) is 0 Å². The molecule has 3 rings (SSSR count). The van der Waals surface area contributed by atoms with E-state index >= 15 is 0 Å². The van der Waals surface area contributed by atoms with Crippen molar-refractivity contribution in [1.29, 1.82) is 0 Å². The zero-order valence-electron chi connectivity index (χ0n) is 14.5. The lowest BCUT2D eigenvalue weighted by Gasteiger charge is -2.18. The van der Waals surface area contributed by atoms with Crippen LogP contribution >= 0.6 is 0 Å². The van der Waals surface area contributed by atoms with E-state index in [9.17, 15) is 20.0 Å². The van der Waals surface area contributed by atoms with Gasteiger partial charge in [-0.2, -0.15) is 0 Å². The molecule has 2 aromatic carbocycles. The first kappa shape index (κ1) is 18.1. The smallest absolute Gasteiger partial charge is 0.269 e. The number of phenols is 1. The molecule has 1 heterocycles. The number of carbonyl (C=O) groups excluding carboxylic acids is 1. The van der Waals surface area contributed by atoms with Crippen LogP contribution in [0.1, 0.15) is 34.1 Å². The molecule has 1 unspecified atom stereocenters.